The predicted molar refractivity (Wildman–Crippen MR) is 108 cm³/mol. The number of H-pyrrole nitrogens is 1. The SMILES string of the molecule is Cc1nc(-c2ccccc2NC(=O)c2ccc3c(c2)CC(C)NC3)[nH]c1C. The first-order valence-electron chi connectivity index (χ1n) is 9.30. The second-order valence-corrected chi connectivity index (χ2v) is 7.27. The minimum absolute atomic E-state index is 0.101. The summed E-state index contributed by atoms with van der Waals surface area (Å²) in [5.74, 6) is 0.669. The lowest BCUT2D eigenvalue weighted by atomic mass is 9.94. The van der Waals surface area contributed by atoms with E-state index in [1.54, 1.807) is 0 Å². The summed E-state index contributed by atoms with van der Waals surface area (Å²) < 4.78 is 0. The molecule has 0 saturated heterocycles. The van der Waals surface area contributed by atoms with Crippen molar-refractivity contribution in [3.8, 4) is 11.4 Å². The number of fused-ring (bicyclic) bond motifs is 1. The van der Waals surface area contributed by atoms with Crippen molar-refractivity contribution in [1.29, 1.82) is 0 Å². The lowest BCUT2D eigenvalue weighted by Gasteiger charge is -2.23. The Morgan fingerprint density at radius 3 is 2.74 bits per heavy atom. The van der Waals surface area contributed by atoms with Crippen LogP contribution in [-0.4, -0.2) is 21.9 Å². The van der Waals surface area contributed by atoms with E-state index in [1.165, 1.54) is 11.1 Å². The summed E-state index contributed by atoms with van der Waals surface area (Å²) in [5, 5.41) is 6.51. The summed E-state index contributed by atoms with van der Waals surface area (Å²) in [7, 11) is 0. The van der Waals surface area contributed by atoms with Gasteiger partial charge in [-0.15, -0.1) is 0 Å². The standard InChI is InChI=1S/C22H24N4O/c1-13-10-18-11-16(8-9-17(18)12-23-13)22(27)26-20-7-5-4-6-19(20)21-24-14(2)15(3)25-21/h4-9,11,13,23H,10,12H2,1-3H3,(H,24,25)(H,26,27). The van der Waals surface area contributed by atoms with Gasteiger partial charge in [-0.25, -0.2) is 4.98 Å². The van der Waals surface area contributed by atoms with E-state index >= 15 is 0 Å². The maximum absolute atomic E-state index is 12.9. The van der Waals surface area contributed by atoms with Crippen molar-refractivity contribution in [2.45, 2.75) is 39.8 Å². The topological polar surface area (TPSA) is 69.8 Å². The summed E-state index contributed by atoms with van der Waals surface area (Å²) in [6.45, 7) is 6.99. The van der Waals surface area contributed by atoms with E-state index in [2.05, 4.69) is 27.5 Å². The van der Waals surface area contributed by atoms with E-state index in [9.17, 15) is 4.79 Å². The Kier molecular flexibility index (Phi) is 4.54. The molecule has 5 heteroatoms. The minimum Gasteiger partial charge on any atom is -0.342 e. The Bertz CT molecular complexity index is 986. The van der Waals surface area contributed by atoms with Gasteiger partial charge in [-0.2, -0.15) is 0 Å². The highest BCUT2D eigenvalue weighted by atomic mass is 16.1. The van der Waals surface area contributed by atoms with Crippen molar-refractivity contribution in [1.82, 2.24) is 15.3 Å². The van der Waals surface area contributed by atoms with Crippen LogP contribution < -0.4 is 10.6 Å². The number of amides is 1. The summed E-state index contributed by atoms with van der Waals surface area (Å²) >= 11 is 0. The molecule has 0 bridgehead atoms. The molecule has 1 unspecified atom stereocenters. The van der Waals surface area contributed by atoms with Gasteiger partial charge in [0.05, 0.1) is 11.4 Å². The molecule has 1 atom stereocenters. The van der Waals surface area contributed by atoms with Crippen LogP contribution >= 0.6 is 0 Å². The Morgan fingerprint density at radius 1 is 1.15 bits per heavy atom. The number of rotatable bonds is 3. The zero-order chi connectivity index (χ0) is 19.0. The van der Waals surface area contributed by atoms with Crippen molar-refractivity contribution in [3.05, 3.63) is 70.5 Å². The highest BCUT2D eigenvalue weighted by Gasteiger charge is 2.17. The summed E-state index contributed by atoms with van der Waals surface area (Å²) in [6.07, 6.45) is 0.942. The molecule has 2 aromatic carbocycles. The molecule has 138 valence electrons. The van der Waals surface area contributed by atoms with Crippen LogP contribution in [0.1, 0.15) is 39.8 Å². The molecule has 1 aliphatic heterocycles. The molecule has 3 N–H and O–H groups in total. The molecule has 0 aliphatic carbocycles. The van der Waals surface area contributed by atoms with Gasteiger partial charge in [0.1, 0.15) is 5.82 Å². The average Bonchev–Trinajstić information content (AvgIpc) is 3.00. The van der Waals surface area contributed by atoms with Crippen LogP contribution in [0, 0.1) is 13.8 Å². The van der Waals surface area contributed by atoms with Crippen LogP contribution in [0.15, 0.2) is 42.5 Å². The molecule has 2 heterocycles. The van der Waals surface area contributed by atoms with E-state index in [4.69, 9.17) is 0 Å². The summed E-state index contributed by atoms with van der Waals surface area (Å²) in [5.41, 5.74) is 6.84. The van der Waals surface area contributed by atoms with Gasteiger partial charge in [-0.1, -0.05) is 18.2 Å². The van der Waals surface area contributed by atoms with Crippen molar-refractivity contribution in [2.24, 2.45) is 0 Å². The number of nitrogens with zero attached hydrogens (tertiary/aromatic N) is 1. The Labute approximate surface area is 159 Å². The van der Waals surface area contributed by atoms with Crippen molar-refractivity contribution >= 4 is 11.6 Å². The van der Waals surface area contributed by atoms with Crippen LogP contribution in [0.25, 0.3) is 11.4 Å². The van der Waals surface area contributed by atoms with E-state index in [1.807, 2.05) is 56.3 Å². The molecule has 1 aromatic heterocycles. The minimum atomic E-state index is -0.101. The highest BCUT2D eigenvalue weighted by Crippen LogP contribution is 2.27. The monoisotopic (exact) mass is 360 g/mol. The smallest absolute Gasteiger partial charge is 0.255 e. The zero-order valence-electron chi connectivity index (χ0n) is 15.9. The van der Waals surface area contributed by atoms with Crippen molar-refractivity contribution in [2.75, 3.05) is 5.32 Å². The molecular weight excluding hydrogens is 336 g/mol. The fourth-order valence-electron chi connectivity index (χ4n) is 3.48. The van der Waals surface area contributed by atoms with E-state index in [0.29, 0.717) is 11.6 Å². The molecule has 4 rings (SSSR count). The second-order valence-electron chi connectivity index (χ2n) is 7.27. The summed E-state index contributed by atoms with van der Waals surface area (Å²) in [4.78, 5) is 20.7. The molecule has 1 amide bonds. The number of para-hydroxylation sites is 1. The first-order valence-corrected chi connectivity index (χ1v) is 9.30. The second kappa shape index (κ2) is 7.00. The van der Waals surface area contributed by atoms with Crippen LogP contribution in [0.2, 0.25) is 0 Å². The number of aromatic amines is 1. The van der Waals surface area contributed by atoms with Gasteiger partial charge < -0.3 is 15.6 Å². The van der Waals surface area contributed by atoms with Gasteiger partial charge in [0.15, 0.2) is 0 Å². The van der Waals surface area contributed by atoms with Crippen molar-refractivity contribution < 1.29 is 4.79 Å². The number of imidazole rings is 1. The van der Waals surface area contributed by atoms with E-state index in [0.717, 1.165) is 41.4 Å². The number of hydrogen-bond acceptors (Lipinski definition) is 3. The fourth-order valence-corrected chi connectivity index (χ4v) is 3.48. The predicted octanol–water partition coefficient (Wildman–Crippen LogP) is 3.98. The number of benzene rings is 2. The largest absolute Gasteiger partial charge is 0.342 e. The molecular formula is C22H24N4O. The quantitative estimate of drug-likeness (QED) is 0.662. The molecule has 5 nitrogen and oxygen atoms in total. The first kappa shape index (κ1) is 17.5. The highest BCUT2D eigenvalue weighted by molar-refractivity contribution is 6.06. The van der Waals surface area contributed by atoms with Gasteiger partial charge in [0, 0.05) is 29.4 Å². The van der Waals surface area contributed by atoms with Crippen LogP contribution in [0.4, 0.5) is 5.69 Å². The average molecular weight is 360 g/mol. The third-order valence-corrected chi connectivity index (χ3v) is 5.19. The fraction of sp³-hybridized carbons (Fsp3) is 0.273. The summed E-state index contributed by atoms with van der Waals surface area (Å²) in [6, 6.07) is 14.1. The van der Waals surface area contributed by atoms with E-state index in [-0.39, 0.29) is 5.91 Å². The van der Waals surface area contributed by atoms with Crippen LogP contribution in [0.3, 0.4) is 0 Å². The lowest BCUT2D eigenvalue weighted by molar-refractivity contribution is 0.102. The third kappa shape index (κ3) is 3.51. The van der Waals surface area contributed by atoms with Gasteiger partial charge in [-0.3, -0.25) is 4.79 Å². The Morgan fingerprint density at radius 2 is 1.96 bits per heavy atom. The third-order valence-electron chi connectivity index (χ3n) is 5.19. The van der Waals surface area contributed by atoms with Crippen molar-refractivity contribution in [3.63, 3.8) is 0 Å². The first-order chi connectivity index (χ1) is 13.0. The number of carbonyl (C=O) groups is 1. The lowest BCUT2D eigenvalue weighted by Crippen LogP contribution is -2.33. The van der Waals surface area contributed by atoms with Gasteiger partial charge >= 0.3 is 0 Å². The molecule has 0 fully saturated rings. The zero-order valence-corrected chi connectivity index (χ0v) is 15.9. The van der Waals surface area contributed by atoms with E-state index < -0.39 is 0 Å². The number of hydrogen-bond donors (Lipinski definition) is 3. The normalized spacial score (nSPS) is 16.0. The molecule has 27 heavy (non-hydrogen) atoms. The number of aryl methyl sites for hydroxylation is 2. The Hall–Kier alpha value is -2.92. The molecule has 1 aliphatic rings. The Balaban J connectivity index is 1.61. The maximum atomic E-state index is 12.9. The van der Waals surface area contributed by atoms with Gasteiger partial charge in [-0.05, 0) is 62.6 Å². The maximum Gasteiger partial charge on any atom is 0.255 e. The number of nitrogens with one attached hydrogen (secondary N) is 3. The van der Waals surface area contributed by atoms with Crippen LogP contribution in [-0.2, 0) is 13.0 Å². The van der Waals surface area contributed by atoms with Gasteiger partial charge in [0.2, 0.25) is 0 Å². The molecule has 3 aromatic rings. The molecule has 0 radical (unpaired) electrons. The van der Waals surface area contributed by atoms with Gasteiger partial charge in [0.25, 0.3) is 5.91 Å². The number of carbonyl (C=O) groups excluding carboxylic acids is 1. The number of aromatic nitrogens is 2. The number of anilines is 1. The molecule has 0 saturated carbocycles. The van der Waals surface area contributed by atoms with Crippen LogP contribution in [0.5, 0.6) is 0 Å². The molecule has 0 spiro atoms.